The average molecular weight is 561 g/mol. The molecular formula is C24H40N4O11. The standard InChI is InChI=1S/C24H40N4O11/c1-7-12(2)18(28-23(38)39-24(4,5)6)21(36)26-15(8-9-16(31)32)20(35)27-19(13(3)30)22(37)25-14(11-29)10-17(33)34/h11-15,18-19,30H,7-10H2,1-6H3,(H,25,37)(H,26,36)(H,27,35)(H,28,38)(H,31,32)(H,33,34)/t12-,13+,14-,15-,18-,19-/m0/s1. The number of ether oxygens (including phenoxy) is 1. The fraction of sp³-hybridized carbons (Fsp3) is 0.708. The van der Waals surface area contributed by atoms with E-state index >= 15 is 0 Å². The monoisotopic (exact) mass is 560 g/mol. The Hall–Kier alpha value is -3.75. The number of carbonyl (C=O) groups is 7. The number of carboxylic acid groups (broad SMARTS) is 2. The van der Waals surface area contributed by atoms with Crippen LogP contribution in [0, 0.1) is 5.92 Å². The zero-order valence-electron chi connectivity index (χ0n) is 23.0. The molecule has 0 aromatic rings. The van der Waals surface area contributed by atoms with Gasteiger partial charge in [-0.15, -0.1) is 0 Å². The number of hydrogen-bond donors (Lipinski definition) is 7. The predicted molar refractivity (Wildman–Crippen MR) is 135 cm³/mol. The van der Waals surface area contributed by atoms with Gasteiger partial charge in [-0.1, -0.05) is 20.3 Å². The van der Waals surface area contributed by atoms with Crippen LogP contribution in [0.15, 0.2) is 0 Å². The van der Waals surface area contributed by atoms with Crippen molar-refractivity contribution >= 4 is 42.0 Å². The first-order valence-corrected chi connectivity index (χ1v) is 12.4. The Bertz CT molecular complexity index is 901. The second kappa shape index (κ2) is 16.3. The van der Waals surface area contributed by atoms with Gasteiger partial charge in [-0.3, -0.25) is 24.0 Å². The van der Waals surface area contributed by atoms with Gasteiger partial charge < -0.3 is 46.1 Å². The van der Waals surface area contributed by atoms with Crippen LogP contribution in [0.4, 0.5) is 4.79 Å². The van der Waals surface area contributed by atoms with E-state index in [0.717, 1.165) is 6.92 Å². The summed E-state index contributed by atoms with van der Waals surface area (Å²) in [4.78, 5) is 84.1. The number of nitrogens with one attached hydrogen (secondary N) is 4. The highest BCUT2D eigenvalue weighted by Crippen LogP contribution is 2.12. The molecule has 0 radical (unpaired) electrons. The summed E-state index contributed by atoms with van der Waals surface area (Å²) in [6.07, 6.45) is -3.49. The van der Waals surface area contributed by atoms with E-state index in [-0.39, 0.29) is 6.29 Å². The fourth-order valence-electron chi connectivity index (χ4n) is 3.19. The fourth-order valence-corrected chi connectivity index (χ4v) is 3.19. The molecule has 0 aromatic carbocycles. The molecule has 15 nitrogen and oxygen atoms in total. The second-order valence-corrected chi connectivity index (χ2v) is 10.1. The molecule has 0 saturated carbocycles. The zero-order chi connectivity index (χ0) is 30.5. The van der Waals surface area contributed by atoms with Crippen LogP contribution in [-0.4, -0.2) is 93.2 Å². The molecule has 0 saturated heterocycles. The van der Waals surface area contributed by atoms with Gasteiger partial charge >= 0.3 is 18.0 Å². The smallest absolute Gasteiger partial charge is 0.408 e. The van der Waals surface area contributed by atoms with E-state index in [1.165, 1.54) is 0 Å². The number of hydrogen-bond acceptors (Lipinski definition) is 9. The van der Waals surface area contributed by atoms with E-state index in [2.05, 4.69) is 21.3 Å². The van der Waals surface area contributed by atoms with Crippen LogP contribution >= 0.6 is 0 Å². The molecule has 7 N–H and O–H groups in total. The molecule has 0 fully saturated rings. The maximum Gasteiger partial charge on any atom is 0.408 e. The number of aliphatic hydroxyl groups excluding tert-OH is 1. The van der Waals surface area contributed by atoms with Gasteiger partial charge in [-0.2, -0.15) is 0 Å². The average Bonchev–Trinajstić information content (AvgIpc) is 2.80. The van der Waals surface area contributed by atoms with E-state index in [1.54, 1.807) is 34.6 Å². The van der Waals surface area contributed by atoms with Crippen LogP contribution < -0.4 is 21.3 Å². The molecular weight excluding hydrogens is 520 g/mol. The second-order valence-electron chi connectivity index (χ2n) is 10.1. The number of amides is 4. The summed E-state index contributed by atoms with van der Waals surface area (Å²) in [6.45, 7) is 9.47. The van der Waals surface area contributed by atoms with Crippen molar-refractivity contribution in [1.82, 2.24) is 21.3 Å². The van der Waals surface area contributed by atoms with Crippen LogP contribution in [0.1, 0.15) is 67.2 Å². The number of aldehydes is 1. The number of rotatable bonds is 16. The molecule has 15 heteroatoms. The van der Waals surface area contributed by atoms with Crippen molar-refractivity contribution in [2.45, 2.75) is 103 Å². The summed E-state index contributed by atoms with van der Waals surface area (Å²) < 4.78 is 5.19. The third-order valence-corrected chi connectivity index (χ3v) is 5.40. The third kappa shape index (κ3) is 14.1. The first-order chi connectivity index (χ1) is 17.9. The van der Waals surface area contributed by atoms with E-state index < -0.39 is 96.8 Å². The van der Waals surface area contributed by atoms with Crippen molar-refractivity contribution in [2.24, 2.45) is 5.92 Å². The molecule has 222 valence electrons. The highest BCUT2D eigenvalue weighted by atomic mass is 16.6. The van der Waals surface area contributed by atoms with Crippen LogP contribution in [0.3, 0.4) is 0 Å². The predicted octanol–water partition coefficient (Wildman–Crippen LogP) is -0.701. The number of carboxylic acids is 2. The highest BCUT2D eigenvalue weighted by Gasteiger charge is 2.34. The Morgan fingerprint density at radius 2 is 1.41 bits per heavy atom. The molecule has 0 aliphatic carbocycles. The first-order valence-electron chi connectivity index (χ1n) is 12.4. The Morgan fingerprint density at radius 3 is 1.85 bits per heavy atom. The van der Waals surface area contributed by atoms with Crippen molar-refractivity contribution < 1.29 is 53.6 Å². The molecule has 0 spiro atoms. The summed E-state index contributed by atoms with van der Waals surface area (Å²) in [7, 11) is 0. The minimum atomic E-state index is -1.68. The summed E-state index contributed by atoms with van der Waals surface area (Å²) in [5, 5.41) is 37.1. The van der Waals surface area contributed by atoms with Crippen molar-refractivity contribution in [3.8, 4) is 0 Å². The van der Waals surface area contributed by atoms with Gasteiger partial charge in [0.25, 0.3) is 0 Å². The third-order valence-electron chi connectivity index (χ3n) is 5.40. The van der Waals surface area contributed by atoms with Crippen molar-refractivity contribution in [3.05, 3.63) is 0 Å². The molecule has 0 unspecified atom stereocenters. The Kier molecular flexibility index (Phi) is 14.7. The molecule has 0 aromatic heterocycles. The zero-order valence-corrected chi connectivity index (χ0v) is 23.0. The summed E-state index contributed by atoms with van der Waals surface area (Å²) >= 11 is 0. The van der Waals surface area contributed by atoms with Crippen LogP contribution in [0.2, 0.25) is 0 Å². The molecule has 0 heterocycles. The Morgan fingerprint density at radius 1 is 0.846 bits per heavy atom. The largest absolute Gasteiger partial charge is 0.481 e. The van der Waals surface area contributed by atoms with Crippen molar-refractivity contribution in [2.75, 3.05) is 0 Å². The van der Waals surface area contributed by atoms with E-state index in [4.69, 9.17) is 14.9 Å². The molecule has 0 bridgehead atoms. The Balaban J connectivity index is 5.83. The van der Waals surface area contributed by atoms with Crippen molar-refractivity contribution in [3.63, 3.8) is 0 Å². The lowest BCUT2D eigenvalue weighted by Crippen LogP contribution is -2.60. The van der Waals surface area contributed by atoms with Gasteiger partial charge in [-0.25, -0.2) is 4.79 Å². The highest BCUT2D eigenvalue weighted by molar-refractivity contribution is 5.95. The lowest BCUT2D eigenvalue weighted by molar-refractivity contribution is -0.140. The molecule has 0 rings (SSSR count). The van der Waals surface area contributed by atoms with Crippen LogP contribution in [0.5, 0.6) is 0 Å². The van der Waals surface area contributed by atoms with E-state index in [0.29, 0.717) is 6.42 Å². The number of alkyl carbamates (subject to hydrolysis) is 1. The number of carbonyl (C=O) groups excluding carboxylic acids is 5. The Labute approximate surface area is 226 Å². The summed E-state index contributed by atoms with van der Waals surface area (Å²) in [5.74, 6) is -6.01. The lowest BCUT2D eigenvalue weighted by atomic mass is 9.97. The van der Waals surface area contributed by atoms with Gasteiger partial charge in [-0.05, 0) is 40.0 Å². The molecule has 0 aliphatic rings. The molecule has 0 aliphatic heterocycles. The first kappa shape index (κ1) is 35.2. The van der Waals surface area contributed by atoms with Crippen LogP contribution in [-0.2, 0) is 33.5 Å². The maximum atomic E-state index is 13.1. The molecule has 4 amide bonds. The normalized spacial score (nSPS) is 15.8. The molecule has 6 atom stereocenters. The van der Waals surface area contributed by atoms with Gasteiger partial charge in [0.1, 0.15) is 30.0 Å². The van der Waals surface area contributed by atoms with Crippen molar-refractivity contribution in [1.29, 1.82) is 0 Å². The number of aliphatic carboxylic acids is 2. The van der Waals surface area contributed by atoms with E-state index in [1.807, 2.05) is 0 Å². The minimum Gasteiger partial charge on any atom is -0.481 e. The lowest BCUT2D eigenvalue weighted by Gasteiger charge is -2.29. The van der Waals surface area contributed by atoms with Gasteiger partial charge in [0.15, 0.2) is 0 Å². The number of aliphatic hydroxyl groups is 1. The summed E-state index contributed by atoms with van der Waals surface area (Å²) in [5.41, 5.74) is -0.853. The topological polar surface area (TPSA) is 238 Å². The van der Waals surface area contributed by atoms with Gasteiger partial charge in [0.05, 0.1) is 18.6 Å². The quantitative estimate of drug-likeness (QED) is 0.116. The maximum absolute atomic E-state index is 13.1. The SMILES string of the molecule is CC[C@H](C)[C@H](NC(=O)OC(C)(C)C)C(=O)N[C@@H](CCC(=O)O)C(=O)N[C@H](C(=O)N[C@H](C=O)CC(=O)O)[C@@H](C)O. The van der Waals surface area contributed by atoms with Crippen LogP contribution in [0.25, 0.3) is 0 Å². The van der Waals surface area contributed by atoms with Gasteiger partial charge in [0.2, 0.25) is 17.7 Å². The van der Waals surface area contributed by atoms with Gasteiger partial charge in [0, 0.05) is 6.42 Å². The summed E-state index contributed by atoms with van der Waals surface area (Å²) in [6, 6.07) is -5.78. The van der Waals surface area contributed by atoms with E-state index in [9.17, 15) is 38.7 Å². The molecule has 39 heavy (non-hydrogen) atoms. The minimum absolute atomic E-state index is 0.176.